The van der Waals surface area contributed by atoms with Crippen LogP contribution in [0.3, 0.4) is 0 Å². The summed E-state index contributed by atoms with van der Waals surface area (Å²) < 4.78 is 28.7. The van der Waals surface area contributed by atoms with Gasteiger partial charge in [-0.1, -0.05) is 0 Å². The normalized spacial score (nSPS) is 19.2. The van der Waals surface area contributed by atoms with Crippen molar-refractivity contribution in [1.29, 1.82) is 0 Å². The second-order valence-electron chi connectivity index (χ2n) is 6.97. The highest BCUT2D eigenvalue weighted by Gasteiger charge is 2.29. The largest absolute Gasteiger partial charge is 0.344 e. The summed E-state index contributed by atoms with van der Waals surface area (Å²) in [7, 11) is 1.52. The monoisotopic (exact) mass is 387 g/mol. The molecule has 2 aliphatic rings. The summed E-state index contributed by atoms with van der Waals surface area (Å²) >= 11 is 0. The lowest BCUT2D eigenvalue weighted by Crippen LogP contribution is -2.40. The molecule has 1 unspecified atom stereocenters. The van der Waals surface area contributed by atoms with Crippen LogP contribution >= 0.6 is 0 Å². The third kappa shape index (κ3) is 3.39. The van der Waals surface area contributed by atoms with E-state index in [1.54, 1.807) is 6.20 Å². The van der Waals surface area contributed by atoms with E-state index in [0.29, 0.717) is 24.2 Å². The Hall–Kier alpha value is -3.10. The van der Waals surface area contributed by atoms with Gasteiger partial charge in [-0.15, -0.1) is 0 Å². The molecule has 28 heavy (non-hydrogen) atoms. The molecule has 1 aliphatic heterocycles. The number of halogens is 2. The topological polar surface area (TPSA) is 79.6 Å². The number of carbonyl (C=O) groups is 2. The van der Waals surface area contributed by atoms with Crippen molar-refractivity contribution in [2.45, 2.75) is 38.1 Å². The molecule has 1 N–H and O–H groups in total. The number of hydrogen-bond acceptors (Lipinski definition) is 4. The van der Waals surface area contributed by atoms with Crippen molar-refractivity contribution < 1.29 is 18.4 Å². The van der Waals surface area contributed by atoms with E-state index in [2.05, 4.69) is 15.5 Å². The lowest BCUT2D eigenvalue weighted by atomic mass is 9.92. The average molecular weight is 387 g/mol. The first-order chi connectivity index (χ1) is 13.4. The van der Waals surface area contributed by atoms with Gasteiger partial charge < -0.3 is 5.32 Å². The van der Waals surface area contributed by atoms with E-state index in [0.717, 1.165) is 30.2 Å². The molecule has 1 atom stereocenters. The van der Waals surface area contributed by atoms with Gasteiger partial charge in [0, 0.05) is 37.2 Å². The molecule has 2 aromatic rings. The van der Waals surface area contributed by atoms with E-state index in [4.69, 9.17) is 0 Å². The number of nitrogens with one attached hydrogen (secondary N) is 1. The highest BCUT2D eigenvalue weighted by atomic mass is 19.1. The van der Waals surface area contributed by atoms with Crippen LogP contribution < -0.4 is 5.32 Å². The highest BCUT2D eigenvalue weighted by molar-refractivity contribution is 6.39. The Balaban J connectivity index is 1.58. The first-order valence-electron chi connectivity index (χ1n) is 9.10. The molecule has 0 saturated heterocycles. The van der Waals surface area contributed by atoms with Crippen LogP contribution in [0.1, 0.15) is 43.0 Å². The smallest absolute Gasteiger partial charge is 0.267 e. The van der Waals surface area contributed by atoms with Crippen molar-refractivity contribution >= 4 is 17.5 Å². The summed E-state index contributed by atoms with van der Waals surface area (Å²) in [6, 6.07) is 2.99. The Morgan fingerprint density at radius 1 is 1.18 bits per heavy atom. The van der Waals surface area contributed by atoms with E-state index in [1.165, 1.54) is 28.9 Å². The van der Waals surface area contributed by atoms with Gasteiger partial charge in [-0.2, -0.15) is 10.2 Å². The molecule has 7 nitrogen and oxygen atoms in total. The zero-order valence-corrected chi connectivity index (χ0v) is 15.3. The first kappa shape index (κ1) is 18.3. The minimum atomic E-state index is -0.672. The Bertz CT molecular complexity index is 964. The number of hydrazone groups is 1. The molecule has 0 saturated carbocycles. The third-order valence-electron chi connectivity index (χ3n) is 5.05. The van der Waals surface area contributed by atoms with Crippen LogP contribution in [0.5, 0.6) is 0 Å². The second-order valence-corrected chi connectivity index (χ2v) is 6.97. The molecule has 0 spiro atoms. The Morgan fingerprint density at radius 2 is 1.93 bits per heavy atom. The minimum Gasteiger partial charge on any atom is -0.344 e. The lowest BCUT2D eigenvalue weighted by Gasteiger charge is -2.25. The molecular formula is C19H19F2N5O2. The van der Waals surface area contributed by atoms with Crippen LogP contribution in [0.15, 0.2) is 29.5 Å². The molecule has 0 fully saturated rings. The number of rotatable bonds is 3. The Kier molecular flexibility index (Phi) is 4.66. The Labute approximate surface area is 160 Å². The van der Waals surface area contributed by atoms with E-state index in [-0.39, 0.29) is 24.3 Å². The molecule has 4 rings (SSSR count). The summed E-state index contributed by atoms with van der Waals surface area (Å²) in [4.78, 5) is 24.1. The maximum Gasteiger partial charge on any atom is 0.267 e. The van der Waals surface area contributed by atoms with Crippen LogP contribution in [0.25, 0.3) is 5.69 Å². The number of benzene rings is 1. The molecule has 1 aromatic heterocycles. The fraction of sp³-hybridized carbons (Fsp3) is 0.368. The van der Waals surface area contributed by atoms with Gasteiger partial charge in [0.05, 0.1) is 17.9 Å². The van der Waals surface area contributed by atoms with Gasteiger partial charge >= 0.3 is 0 Å². The summed E-state index contributed by atoms with van der Waals surface area (Å²) in [5, 5.41) is 12.5. The van der Waals surface area contributed by atoms with Gasteiger partial charge in [0.1, 0.15) is 17.3 Å². The van der Waals surface area contributed by atoms with Gasteiger partial charge in [0.15, 0.2) is 0 Å². The van der Waals surface area contributed by atoms with Crippen LogP contribution in [0.2, 0.25) is 0 Å². The van der Waals surface area contributed by atoms with Gasteiger partial charge in [-0.3, -0.25) is 9.59 Å². The van der Waals surface area contributed by atoms with Crippen molar-refractivity contribution in [3.05, 3.63) is 47.3 Å². The molecule has 2 amide bonds. The molecule has 9 heteroatoms. The summed E-state index contributed by atoms with van der Waals surface area (Å²) in [5.41, 5.74) is 2.26. The van der Waals surface area contributed by atoms with Gasteiger partial charge in [0.25, 0.3) is 5.91 Å². The van der Waals surface area contributed by atoms with Crippen molar-refractivity contribution in [1.82, 2.24) is 20.1 Å². The summed E-state index contributed by atoms with van der Waals surface area (Å²) in [5.74, 6) is -1.79. The molecule has 1 aromatic carbocycles. The van der Waals surface area contributed by atoms with Gasteiger partial charge in [-0.05, 0) is 31.4 Å². The fourth-order valence-corrected chi connectivity index (χ4v) is 3.67. The van der Waals surface area contributed by atoms with E-state index >= 15 is 0 Å². The highest BCUT2D eigenvalue weighted by Crippen LogP contribution is 2.31. The average Bonchev–Trinajstić information content (AvgIpc) is 3.08. The maximum absolute atomic E-state index is 13.6. The van der Waals surface area contributed by atoms with Crippen LogP contribution in [0, 0.1) is 11.6 Å². The molecule has 2 heterocycles. The van der Waals surface area contributed by atoms with Crippen molar-refractivity contribution in [2.24, 2.45) is 5.10 Å². The quantitative estimate of drug-likeness (QED) is 0.877. The SMILES string of the molecule is CN1N=C(C(=O)NC2CCCc3c2cnn3-c2cc(F)cc(F)c2)CCC1=O. The predicted molar refractivity (Wildman–Crippen MR) is 96.7 cm³/mol. The molecule has 0 bridgehead atoms. The molecular weight excluding hydrogens is 368 g/mol. The van der Waals surface area contributed by atoms with E-state index < -0.39 is 11.6 Å². The number of fused-ring (bicyclic) bond motifs is 1. The van der Waals surface area contributed by atoms with Crippen molar-refractivity contribution in [3.8, 4) is 5.69 Å². The van der Waals surface area contributed by atoms with E-state index in [9.17, 15) is 18.4 Å². The zero-order valence-electron chi connectivity index (χ0n) is 15.3. The number of carbonyl (C=O) groups excluding carboxylic acids is 2. The standard InChI is InChI=1S/C19H19F2N5O2/c1-25-18(27)6-5-16(24-25)19(28)23-15-3-2-4-17-14(15)10-22-26(17)13-8-11(20)7-12(21)9-13/h7-10,15H,2-6H2,1H3,(H,23,28). The summed E-state index contributed by atoms with van der Waals surface area (Å²) in [6.07, 6.45) is 4.40. The number of aromatic nitrogens is 2. The van der Waals surface area contributed by atoms with Crippen LogP contribution in [-0.4, -0.2) is 39.4 Å². The lowest BCUT2D eigenvalue weighted by molar-refractivity contribution is -0.130. The fourth-order valence-electron chi connectivity index (χ4n) is 3.67. The maximum atomic E-state index is 13.6. The molecule has 1 aliphatic carbocycles. The van der Waals surface area contributed by atoms with E-state index in [1.807, 2.05) is 0 Å². The minimum absolute atomic E-state index is 0.125. The van der Waals surface area contributed by atoms with Crippen LogP contribution in [0.4, 0.5) is 8.78 Å². The molecule has 0 radical (unpaired) electrons. The van der Waals surface area contributed by atoms with Crippen molar-refractivity contribution in [3.63, 3.8) is 0 Å². The van der Waals surface area contributed by atoms with Gasteiger partial charge in [0.2, 0.25) is 5.91 Å². The molecule has 146 valence electrons. The zero-order chi connectivity index (χ0) is 19.8. The third-order valence-corrected chi connectivity index (χ3v) is 5.05. The number of hydrogen-bond donors (Lipinski definition) is 1. The van der Waals surface area contributed by atoms with Gasteiger partial charge in [-0.25, -0.2) is 18.5 Å². The van der Waals surface area contributed by atoms with Crippen molar-refractivity contribution in [2.75, 3.05) is 7.05 Å². The van der Waals surface area contributed by atoms with Crippen LogP contribution in [-0.2, 0) is 16.0 Å². The summed E-state index contributed by atoms with van der Waals surface area (Å²) in [6.45, 7) is 0. The second kappa shape index (κ2) is 7.14. The number of nitrogens with zero attached hydrogens (tertiary/aromatic N) is 4. The predicted octanol–water partition coefficient (Wildman–Crippen LogP) is 2.25. The Morgan fingerprint density at radius 3 is 2.64 bits per heavy atom. The first-order valence-corrected chi connectivity index (χ1v) is 9.10. The number of amides is 2.